The Morgan fingerprint density at radius 3 is 2.47 bits per heavy atom. The van der Waals surface area contributed by atoms with E-state index < -0.39 is 11.4 Å². The van der Waals surface area contributed by atoms with Crippen LogP contribution in [0.1, 0.15) is 36.7 Å². The van der Waals surface area contributed by atoms with Gasteiger partial charge in [0.15, 0.2) is 5.78 Å². The van der Waals surface area contributed by atoms with Crippen LogP contribution in [0.3, 0.4) is 0 Å². The number of benzene rings is 1. The molecule has 1 aliphatic rings. The number of anilines is 1. The molecule has 1 aliphatic heterocycles. The van der Waals surface area contributed by atoms with Gasteiger partial charge in [-0.05, 0) is 44.5 Å². The molecule has 19 heavy (non-hydrogen) atoms. The van der Waals surface area contributed by atoms with Crippen molar-refractivity contribution in [2.24, 2.45) is 0 Å². The summed E-state index contributed by atoms with van der Waals surface area (Å²) >= 11 is 0. The van der Waals surface area contributed by atoms with Gasteiger partial charge in [0.05, 0.1) is 5.41 Å². The Bertz CT molecular complexity index is 589. The van der Waals surface area contributed by atoms with Crippen molar-refractivity contribution in [3.8, 4) is 0 Å². The molecule has 1 heterocycles. The summed E-state index contributed by atoms with van der Waals surface area (Å²) in [5.41, 5.74) is 0.988. The minimum absolute atomic E-state index is 0.0808. The standard InChI is InChI=1S/C14H15NO4/c1-8(16)9-4-5-11-10(6-9)14(2,3)13(19)15(11)7-12(17)18/h4-6H,7H2,1-3H3,(H,17,18). The average molecular weight is 261 g/mol. The number of nitrogens with zero attached hydrogens (tertiary/aromatic N) is 1. The number of carbonyl (C=O) groups is 3. The number of hydrogen-bond acceptors (Lipinski definition) is 3. The lowest BCUT2D eigenvalue weighted by Gasteiger charge is -2.18. The van der Waals surface area contributed by atoms with E-state index >= 15 is 0 Å². The summed E-state index contributed by atoms with van der Waals surface area (Å²) in [4.78, 5) is 35.8. The smallest absolute Gasteiger partial charge is 0.323 e. The van der Waals surface area contributed by atoms with E-state index in [1.165, 1.54) is 11.8 Å². The Morgan fingerprint density at radius 1 is 1.32 bits per heavy atom. The van der Waals surface area contributed by atoms with Crippen molar-refractivity contribution in [3.63, 3.8) is 0 Å². The van der Waals surface area contributed by atoms with Gasteiger partial charge in [-0.25, -0.2) is 0 Å². The minimum Gasteiger partial charge on any atom is -0.480 e. The van der Waals surface area contributed by atoms with E-state index in [0.29, 0.717) is 16.8 Å². The molecule has 0 saturated heterocycles. The lowest BCUT2D eigenvalue weighted by atomic mass is 9.85. The lowest BCUT2D eigenvalue weighted by Crippen LogP contribution is -2.39. The minimum atomic E-state index is -1.06. The van der Waals surface area contributed by atoms with Gasteiger partial charge in [0.1, 0.15) is 6.54 Å². The van der Waals surface area contributed by atoms with E-state index in [-0.39, 0.29) is 18.2 Å². The van der Waals surface area contributed by atoms with Crippen LogP contribution in [0.5, 0.6) is 0 Å². The summed E-state index contributed by atoms with van der Waals surface area (Å²) in [6, 6.07) is 4.93. The average Bonchev–Trinajstić information content (AvgIpc) is 2.50. The molecule has 2 rings (SSSR count). The molecule has 0 unspecified atom stereocenters. The maximum atomic E-state index is 12.3. The second-order valence-corrected chi connectivity index (χ2v) is 5.20. The van der Waals surface area contributed by atoms with Crippen LogP contribution in [0.15, 0.2) is 18.2 Å². The van der Waals surface area contributed by atoms with Crippen LogP contribution in [0.4, 0.5) is 5.69 Å². The molecule has 0 radical (unpaired) electrons. The van der Waals surface area contributed by atoms with E-state index in [1.807, 2.05) is 0 Å². The van der Waals surface area contributed by atoms with Gasteiger partial charge in [-0.1, -0.05) is 0 Å². The van der Waals surface area contributed by atoms with Gasteiger partial charge in [0.2, 0.25) is 5.91 Å². The number of aliphatic carboxylic acids is 1. The number of carboxylic acids is 1. The van der Waals surface area contributed by atoms with Gasteiger partial charge in [-0.2, -0.15) is 0 Å². The van der Waals surface area contributed by atoms with Gasteiger partial charge < -0.3 is 10.0 Å². The zero-order valence-electron chi connectivity index (χ0n) is 11.1. The van der Waals surface area contributed by atoms with E-state index in [0.717, 1.165) is 0 Å². The third kappa shape index (κ3) is 2.01. The van der Waals surface area contributed by atoms with E-state index in [9.17, 15) is 14.4 Å². The largest absolute Gasteiger partial charge is 0.480 e. The van der Waals surface area contributed by atoms with Gasteiger partial charge >= 0.3 is 5.97 Å². The van der Waals surface area contributed by atoms with E-state index in [2.05, 4.69) is 0 Å². The Kier molecular flexibility index (Phi) is 2.92. The van der Waals surface area contributed by atoms with Crippen LogP contribution in [0.2, 0.25) is 0 Å². The third-order valence-corrected chi connectivity index (χ3v) is 3.44. The zero-order valence-corrected chi connectivity index (χ0v) is 11.1. The van der Waals surface area contributed by atoms with Crippen molar-refractivity contribution in [3.05, 3.63) is 29.3 Å². The fourth-order valence-corrected chi connectivity index (χ4v) is 2.35. The molecule has 1 amide bonds. The first kappa shape index (κ1) is 13.3. The summed E-state index contributed by atoms with van der Waals surface area (Å²) < 4.78 is 0. The molecule has 0 fully saturated rings. The molecule has 5 nitrogen and oxygen atoms in total. The van der Waals surface area contributed by atoms with E-state index in [1.54, 1.807) is 32.0 Å². The molecule has 0 aliphatic carbocycles. The first-order chi connectivity index (χ1) is 8.75. The number of carboxylic acid groups (broad SMARTS) is 1. The molecule has 0 spiro atoms. The molecule has 1 N–H and O–H groups in total. The summed E-state index contributed by atoms with van der Waals surface area (Å²) in [5.74, 6) is -1.40. The number of Topliss-reactive ketones (excluding diaryl/α,β-unsaturated/α-hetero) is 1. The van der Waals surface area contributed by atoms with Crippen molar-refractivity contribution in [1.29, 1.82) is 0 Å². The zero-order chi connectivity index (χ0) is 14.4. The maximum absolute atomic E-state index is 12.3. The van der Waals surface area contributed by atoms with Crippen LogP contribution >= 0.6 is 0 Å². The highest BCUT2D eigenvalue weighted by atomic mass is 16.4. The van der Waals surface area contributed by atoms with E-state index in [4.69, 9.17) is 5.11 Å². The Labute approximate surface area is 110 Å². The molecule has 5 heteroatoms. The molecule has 0 bridgehead atoms. The van der Waals surface area contributed by atoms with Gasteiger partial charge in [0, 0.05) is 11.3 Å². The van der Waals surface area contributed by atoms with Gasteiger partial charge in [-0.3, -0.25) is 14.4 Å². The quantitative estimate of drug-likeness (QED) is 0.838. The van der Waals surface area contributed by atoms with Crippen LogP contribution in [0, 0.1) is 0 Å². The SMILES string of the molecule is CC(=O)c1ccc2c(c1)C(C)(C)C(=O)N2CC(=O)O. The van der Waals surface area contributed by atoms with Gasteiger partial charge in [0.25, 0.3) is 0 Å². The van der Waals surface area contributed by atoms with Crippen molar-refractivity contribution in [2.45, 2.75) is 26.2 Å². The normalized spacial score (nSPS) is 16.4. The maximum Gasteiger partial charge on any atom is 0.323 e. The van der Waals surface area contributed by atoms with Crippen molar-refractivity contribution < 1.29 is 19.5 Å². The number of carbonyl (C=O) groups excluding carboxylic acids is 2. The summed E-state index contributed by atoms with van der Waals surface area (Å²) in [7, 11) is 0. The fraction of sp³-hybridized carbons (Fsp3) is 0.357. The topological polar surface area (TPSA) is 74.7 Å². The summed E-state index contributed by atoms with van der Waals surface area (Å²) in [6.07, 6.45) is 0. The lowest BCUT2D eigenvalue weighted by molar-refractivity contribution is -0.137. The second-order valence-electron chi connectivity index (χ2n) is 5.20. The van der Waals surface area contributed by atoms with Crippen molar-refractivity contribution in [1.82, 2.24) is 0 Å². The van der Waals surface area contributed by atoms with Gasteiger partial charge in [-0.15, -0.1) is 0 Å². The second kappa shape index (κ2) is 4.19. The molecule has 0 atom stereocenters. The summed E-state index contributed by atoms with van der Waals surface area (Å²) in [5, 5.41) is 8.88. The Hall–Kier alpha value is -2.17. The number of hydrogen-bond donors (Lipinski definition) is 1. The third-order valence-electron chi connectivity index (χ3n) is 3.44. The molecule has 0 saturated carbocycles. The molecule has 0 aromatic heterocycles. The predicted molar refractivity (Wildman–Crippen MR) is 69.5 cm³/mol. The van der Waals surface area contributed by atoms with Crippen molar-refractivity contribution in [2.75, 3.05) is 11.4 Å². The fourth-order valence-electron chi connectivity index (χ4n) is 2.35. The molecule has 100 valence electrons. The molecular formula is C14H15NO4. The number of fused-ring (bicyclic) bond motifs is 1. The molecule has 1 aromatic carbocycles. The highest BCUT2D eigenvalue weighted by Crippen LogP contribution is 2.41. The number of ketones is 1. The highest BCUT2D eigenvalue weighted by Gasteiger charge is 2.44. The van der Waals surface area contributed by atoms with Crippen LogP contribution in [-0.2, 0) is 15.0 Å². The highest BCUT2D eigenvalue weighted by molar-refractivity contribution is 6.10. The first-order valence-corrected chi connectivity index (χ1v) is 5.94. The monoisotopic (exact) mass is 261 g/mol. The van der Waals surface area contributed by atoms with Crippen LogP contribution in [-0.4, -0.2) is 29.3 Å². The Balaban J connectivity index is 2.57. The predicted octanol–water partition coefficient (Wildman–Crippen LogP) is 1.60. The van der Waals surface area contributed by atoms with Crippen molar-refractivity contribution >= 4 is 23.3 Å². The molecule has 1 aromatic rings. The number of rotatable bonds is 3. The van der Waals surface area contributed by atoms with Crippen LogP contribution < -0.4 is 4.90 Å². The Morgan fingerprint density at radius 2 is 1.95 bits per heavy atom. The first-order valence-electron chi connectivity index (χ1n) is 5.94. The van der Waals surface area contributed by atoms with Crippen LogP contribution in [0.25, 0.3) is 0 Å². The molecular weight excluding hydrogens is 246 g/mol. The number of amides is 1. The summed E-state index contributed by atoms with van der Waals surface area (Å²) in [6.45, 7) is 4.56.